The van der Waals surface area contributed by atoms with Gasteiger partial charge in [0.15, 0.2) is 0 Å². The van der Waals surface area contributed by atoms with Crippen molar-refractivity contribution in [1.29, 1.82) is 0 Å². The average Bonchev–Trinajstić information content (AvgIpc) is 4.12. The summed E-state index contributed by atoms with van der Waals surface area (Å²) in [7, 11) is 0. The zero-order valence-corrected chi connectivity index (χ0v) is 40.3. The predicted molar refractivity (Wildman–Crippen MR) is 275 cm³/mol. The molecule has 0 amide bonds. The fourth-order valence-electron chi connectivity index (χ4n) is 9.48. The number of carboxylic acid groups (broad SMARTS) is 2. The average molecular weight is 986 g/mol. The fourth-order valence-corrected chi connectivity index (χ4v) is 9.48. The van der Waals surface area contributed by atoms with Crippen LogP contribution in [0.4, 0.5) is 20.2 Å². The van der Waals surface area contributed by atoms with Gasteiger partial charge in [0.05, 0.1) is 22.4 Å². The van der Waals surface area contributed by atoms with Crippen LogP contribution in [0, 0.1) is 11.6 Å². The number of benzene rings is 4. The quantitative estimate of drug-likeness (QED) is 0.123. The second-order valence-electron chi connectivity index (χ2n) is 17.6. The molecular weight excluding hydrogens is 930 g/mol. The molecular formula is C54H55ClF2N8O6. The standard InChI is InChI=1S/2C27H27FN4O3.ClH/c2*1-2-30-18-22(27(34)35)26(33)21-15-23(28)25(16-24(21)30)32-13-11-29(12-14-32)17-19-5-7-20(8-6-19)31-9-3-4-10-31;/h2*3-10,15-16,18H,2,11-14,17H2,1H3,(H,34,35);1H. The van der Waals surface area contributed by atoms with Crippen LogP contribution in [0.5, 0.6) is 0 Å². The van der Waals surface area contributed by atoms with Gasteiger partial charge in [-0.05, 0) is 97.8 Å². The molecule has 6 heterocycles. The molecule has 0 bridgehead atoms. The number of aromatic nitrogens is 4. The monoisotopic (exact) mass is 984 g/mol. The van der Waals surface area contributed by atoms with E-state index in [-0.39, 0.29) is 34.3 Å². The van der Waals surface area contributed by atoms with Crippen LogP contribution >= 0.6 is 12.4 Å². The zero-order chi connectivity index (χ0) is 49.1. The van der Waals surface area contributed by atoms with E-state index in [0.29, 0.717) is 61.7 Å². The Morgan fingerprint density at radius 2 is 0.859 bits per heavy atom. The van der Waals surface area contributed by atoms with Gasteiger partial charge in [0.25, 0.3) is 0 Å². The van der Waals surface area contributed by atoms with E-state index in [4.69, 9.17) is 0 Å². The molecule has 0 aliphatic carbocycles. The predicted octanol–water partition coefficient (Wildman–Crippen LogP) is 8.37. The van der Waals surface area contributed by atoms with E-state index >= 15 is 8.78 Å². The van der Waals surface area contributed by atoms with Crippen LogP contribution in [-0.2, 0) is 26.2 Å². The Labute approximate surface area is 414 Å². The number of halogens is 3. The Balaban J connectivity index is 0.000000188. The Hall–Kier alpha value is -7.53. The highest BCUT2D eigenvalue weighted by Crippen LogP contribution is 2.29. The smallest absolute Gasteiger partial charge is 0.341 e. The summed E-state index contributed by atoms with van der Waals surface area (Å²) in [6.07, 6.45) is 10.8. The van der Waals surface area contributed by atoms with Crippen molar-refractivity contribution in [2.24, 2.45) is 0 Å². The van der Waals surface area contributed by atoms with Gasteiger partial charge in [-0.3, -0.25) is 19.4 Å². The van der Waals surface area contributed by atoms with Gasteiger partial charge in [-0.1, -0.05) is 24.3 Å². The second-order valence-corrected chi connectivity index (χ2v) is 17.6. The molecule has 2 fully saturated rings. The molecule has 0 radical (unpaired) electrons. The second kappa shape index (κ2) is 21.6. The molecule has 2 aliphatic rings. The highest BCUT2D eigenvalue weighted by molar-refractivity contribution is 5.94. The van der Waals surface area contributed by atoms with E-state index in [1.54, 1.807) is 21.3 Å². The Bertz CT molecular complexity index is 3070. The molecule has 14 nitrogen and oxygen atoms in total. The van der Waals surface area contributed by atoms with Crippen LogP contribution < -0.4 is 20.7 Å². The molecule has 368 valence electrons. The van der Waals surface area contributed by atoms with E-state index in [9.17, 15) is 29.4 Å². The Morgan fingerprint density at radius 3 is 1.17 bits per heavy atom. The van der Waals surface area contributed by atoms with Gasteiger partial charge >= 0.3 is 11.9 Å². The van der Waals surface area contributed by atoms with Crippen LogP contribution in [0.1, 0.15) is 45.7 Å². The molecule has 0 atom stereocenters. The third-order valence-electron chi connectivity index (χ3n) is 13.4. The SMILES string of the molecule is CCn1cc(C(=O)O)c(=O)c2cc(F)c(N3CCN(Cc4ccc(-n5cccc5)cc4)CC3)cc21.CCn1cc(C(=O)O)c(=O)c2cc(F)c(N3CCN(Cc4ccc(-n5cccc5)cc4)CC3)cc21.Cl. The summed E-state index contributed by atoms with van der Waals surface area (Å²) in [6, 6.07) is 30.7. The van der Waals surface area contributed by atoms with Crippen molar-refractivity contribution in [1.82, 2.24) is 28.1 Å². The van der Waals surface area contributed by atoms with E-state index < -0.39 is 34.4 Å². The van der Waals surface area contributed by atoms with Crippen molar-refractivity contribution in [2.75, 3.05) is 62.2 Å². The summed E-state index contributed by atoms with van der Waals surface area (Å²) >= 11 is 0. The first-order valence-electron chi connectivity index (χ1n) is 23.5. The van der Waals surface area contributed by atoms with Crippen molar-refractivity contribution < 1.29 is 28.6 Å². The minimum Gasteiger partial charge on any atom is -0.477 e. The van der Waals surface area contributed by atoms with Gasteiger partial charge in [0.2, 0.25) is 10.9 Å². The fraction of sp³-hybridized carbons (Fsp3) is 0.259. The number of rotatable bonds is 12. The number of carboxylic acids is 2. The maximum atomic E-state index is 15.1. The summed E-state index contributed by atoms with van der Waals surface area (Å²) in [4.78, 5) is 56.8. The van der Waals surface area contributed by atoms with Gasteiger partial charge in [-0.15, -0.1) is 12.4 Å². The summed E-state index contributed by atoms with van der Waals surface area (Å²) in [5.74, 6) is -3.62. The maximum absolute atomic E-state index is 15.1. The minimum absolute atomic E-state index is 0. The third kappa shape index (κ3) is 10.6. The van der Waals surface area contributed by atoms with Crippen molar-refractivity contribution >= 4 is 57.5 Å². The molecule has 2 saturated heterocycles. The highest BCUT2D eigenvalue weighted by Gasteiger charge is 2.25. The van der Waals surface area contributed by atoms with Crippen molar-refractivity contribution in [3.05, 3.63) is 189 Å². The number of anilines is 2. The normalized spacial score (nSPS) is 14.3. The first-order chi connectivity index (χ1) is 33.9. The molecule has 8 aromatic rings. The van der Waals surface area contributed by atoms with E-state index in [2.05, 4.69) is 67.5 Å². The first kappa shape index (κ1) is 49.9. The number of fused-ring (bicyclic) bond motifs is 2. The number of nitrogens with zero attached hydrogens (tertiary/aromatic N) is 8. The lowest BCUT2D eigenvalue weighted by atomic mass is 10.1. The number of piperazine rings is 2. The molecule has 0 spiro atoms. The van der Waals surface area contributed by atoms with Crippen LogP contribution in [0.3, 0.4) is 0 Å². The number of aromatic carboxylic acids is 2. The topological polar surface area (TPSA) is 141 Å². The Morgan fingerprint density at radius 1 is 0.521 bits per heavy atom. The number of aryl methyl sites for hydroxylation is 2. The molecule has 2 aliphatic heterocycles. The number of carbonyl (C=O) groups is 2. The van der Waals surface area contributed by atoms with Gasteiger partial charge in [0, 0.05) is 138 Å². The summed E-state index contributed by atoms with van der Waals surface area (Å²) < 4.78 is 37.7. The van der Waals surface area contributed by atoms with Crippen LogP contribution in [-0.4, -0.2) is 103 Å². The lowest BCUT2D eigenvalue weighted by Crippen LogP contribution is -2.46. The van der Waals surface area contributed by atoms with Gasteiger partial charge in [-0.2, -0.15) is 0 Å². The summed E-state index contributed by atoms with van der Waals surface area (Å²) in [6.45, 7) is 12.1. The van der Waals surface area contributed by atoms with Gasteiger partial charge in [-0.25, -0.2) is 18.4 Å². The molecule has 17 heteroatoms. The Kier molecular flexibility index (Phi) is 15.2. The molecule has 4 aromatic heterocycles. The van der Waals surface area contributed by atoms with Crippen molar-refractivity contribution in [3.63, 3.8) is 0 Å². The first-order valence-corrected chi connectivity index (χ1v) is 23.5. The van der Waals surface area contributed by atoms with Gasteiger partial charge < -0.3 is 38.3 Å². The van der Waals surface area contributed by atoms with Crippen LogP contribution in [0.25, 0.3) is 33.2 Å². The summed E-state index contributed by atoms with van der Waals surface area (Å²) in [5.41, 5.74) is 4.67. The lowest BCUT2D eigenvalue weighted by molar-refractivity contribution is 0.0684. The van der Waals surface area contributed by atoms with Crippen LogP contribution in [0.15, 0.2) is 144 Å². The largest absolute Gasteiger partial charge is 0.477 e. The van der Waals surface area contributed by atoms with Crippen LogP contribution in [0.2, 0.25) is 0 Å². The van der Waals surface area contributed by atoms with Crippen molar-refractivity contribution in [3.8, 4) is 11.4 Å². The van der Waals surface area contributed by atoms with Crippen molar-refractivity contribution in [2.45, 2.75) is 40.0 Å². The molecule has 71 heavy (non-hydrogen) atoms. The third-order valence-corrected chi connectivity index (χ3v) is 13.4. The number of hydrogen-bond donors (Lipinski definition) is 2. The molecule has 0 unspecified atom stereocenters. The minimum atomic E-state index is -1.31. The van der Waals surface area contributed by atoms with E-state index in [0.717, 1.165) is 50.6 Å². The molecule has 10 rings (SSSR count). The zero-order valence-electron chi connectivity index (χ0n) is 39.5. The number of pyridine rings is 2. The molecule has 0 saturated carbocycles. The number of hydrogen-bond acceptors (Lipinski definition) is 8. The highest BCUT2D eigenvalue weighted by atomic mass is 35.5. The van der Waals surface area contributed by atoms with E-state index in [1.165, 1.54) is 35.7 Å². The molecule has 2 N–H and O–H groups in total. The molecule has 4 aromatic carbocycles. The lowest BCUT2D eigenvalue weighted by Gasteiger charge is -2.36. The maximum Gasteiger partial charge on any atom is 0.341 e. The van der Waals surface area contributed by atoms with E-state index in [1.807, 2.05) is 72.7 Å². The summed E-state index contributed by atoms with van der Waals surface area (Å²) in [5, 5.41) is 18.9. The van der Waals surface area contributed by atoms with Gasteiger partial charge in [0.1, 0.15) is 22.8 Å².